The maximum Gasteiger partial charge on any atom is 0.262 e. The van der Waals surface area contributed by atoms with Gasteiger partial charge in [0.1, 0.15) is 5.75 Å². The Bertz CT molecular complexity index is 793. The monoisotopic (exact) mass is 323 g/mol. The molecule has 0 aromatic heterocycles. The molecule has 1 aliphatic carbocycles. The molecule has 3 rings (SSSR count). The first kappa shape index (κ1) is 16.2. The van der Waals surface area contributed by atoms with E-state index in [1.807, 2.05) is 51.1 Å². The number of anilines is 1. The number of benzene rings is 2. The summed E-state index contributed by atoms with van der Waals surface area (Å²) in [5, 5.41) is 2.79. The Morgan fingerprint density at radius 1 is 1.17 bits per heavy atom. The second kappa shape index (κ2) is 6.48. The van der Waals surface area contributed by atoms with Crippen LogP contribution in [0.5, 0.6) is 5.75 Å². The molecule has 0 bridgehead atoms. The van der Waals surface area contributed by atoms with Crippen molar-refractivity contribution in [2.24, 2.45) is 0 Å². The summed E-state index contributed by atoms with van der Waals surface area (Å²) in [6, 6.07) is 11.3. The van der Waals surface area contributed by atoms with E-state index >= 15 is 0 Å². The second-order valence-corrected chi connectivity index (χ2v) is 6.40. The second-order valence-electron chi connectivity index (χ2n) is 6.40. The number of hydrogen-bond donors (Lipinski definition) is 1. The molecule has 1 amide bonds. The van der Waals surface area contributed by atoms with Crippen LogP contribution in [0.3, 0.4) is 0 Å². The minimum absolute atomic E-state index is 0.0927. The standard InChI is InChI=1S/C20H21NO3/c1-12-4-7-15(8-5-12)21-18(23)11-24-17-9-6-13(2)19-14(3)10-16(22)20(17)19/h4-9,14H,10-11H2,1-3H3,(H,21,23). The molecule has 1 unspecified atom stereocenters. The number of rotatable bonds is 4. The van der Waals surface area contributed by atoms with E-state index in [0.29, 0.717) is 17.7 Å². The molecular weight excluding hydrogens is 302 g/mol. The summed E-state index contributed by atoms with van der Waals surface area (Å²) in [6.07, 6.45) is 0.506. The van der Waals surface area contributed by atoms with Gasteiger partial charge in [0.05, 0.1) is 5.56 Å². The molecule has 0 saturated heterocycles. The highest BCUT2D eigenvalue weighted by molar-refractivity contribution is 6.04. The zero-order valence-electron chi connectivity index (χ0n) is 14.2. The Balaban J connectivity index is 1.70. The van der Waals surface area contributed by atoms with E-state index in [0.717, 1.165) is 22.4 Å². The summed E-state index contributed by atoms with van der Waals surface area (Å²) in [7, 11) is 0. The zero-order valence-corrected chi connectivity index (χ0v) is 14.2. The third-order valence-electron chi connectivity index (χ3n) is 4.38. The summed E-state index contributed by atoms with van der Waals surface area (Å²) in [4.78, 5) is 24.3. The molecule has 124 valence electrons. The Morgan fingerprint density at radius 3 is 2.58 bits per heavy atom. The Morgan fingerprint density at radius 2 is 1.88 bits per heavy atom. The lowest BCUT2D eigenvalue weighted by Gasteiger charge is -2.13. The van der Waals surface area contributed by atoms with Crippen molar-refractivity contribution in [3.63, 3.8) is 0 Å². The van der Waals surface area contributed by atoms with Gasteiger partial charge in [-0.05, 0) is 49.1 Å². The Kier molecular flexibility index (Phi) is 4.38. The highest BCUT2D eigenvalue weighted by atomic mass is 16.5. The third kappa shape index (κ3) is 3.18. The normalized spacial score (nSPS) is 16.0. The molecule has 0 aliphatic heterocycles. The number of nitrogens with one attached hydrogen (secondary N) is 1. The van der Waals surface area contributed by atoms with Crippen LogP contribution in [0.25, 0.3) is 0 Å². The van der Waals surface area contributed by atoms with Crippen molar-refractivity contribution in [2.75, 3.05) is 11.9 Å². The number of carbonyl (C=O) groups is 2. The number of fused-ring (bicyclic) bond motifs is 1. The molecule has 1 aliphatic rings. The van der Waals surface area contributed by atoms with Crippen molar-refractivity contribution in [1.29, 1.82) is 0 Å². The Labute approximate surface area is 141 Å². The minimum Gasteiger partial charge on any atom is -0.483 e. The first-order valence-corrected chi connectivity index (χ1v) is 8.11. The summed E-state index contributed by atoms with van der Waals surface area (Å²) in [5.41, 5.74) is 4.65. The lowest BCUT2D eigenvalue weighted by Crippen LogP contribution is -2.20. The average Bonchev–Trinajstić information content (AvgIpc) is 2.85. The fourth-order valence-corrected chi connectivity index (χ4v) is 3.21. The van der Waals surface area contributed by atoms with Crippen molar-refractivity contribution < 1.29 is 14.3 Å². The summed E-state index contributed by atoms with van der Waals surface area (Å²) in [5.74, 6) is 0.559. The predicted molar refractivity (Wildman–Crippen MR) is 93.8 cm³/mol. The van der Waals surface area contributed by atoms with Crippen LogP contribution < -0.4 is 10.1 Å². The number of Topliss-reactive ketones (excluding diaryl/α,β-unsaturated/α-hetero) is 1. The topological polar surface area (TPSA) is 55.4 Å². The van der Waals surface area contributed by atoms with Gasteiger partial charge in [-0.15, -0.1) is 0 Å². The van der Waals surface area contributed by atoms with E-state index in [-0.39, 0.29) is 24.2 Å². The van der Waals surface area contributed by atoms with Gasteiger partial charge in [0.25, 0.3) is 5.91 Å². The first-order chi connectivity index (χ1) is 11.5. The van der Waals surface area contributed by atoms with Crippen molar-refractivity contribution in [3.05, 3.63) is 58.7 Å². The molecule has 1 N–H and O–H groups in total. The fraction of sp³-hybridized carbons (Fsp3) is 0.300. The van der Waals surface area contributed by atoms with Gasteiger partial charge in [0.15, 0.2) is 12.4 Å². The molecule has 0 spiro atoms. The van der Waals surface area contributed by atoms with E-state index in [1.165, 1.54) is 0 Å². The first-order valence-electron chi connectivity index (χ1n) is 8.11. The number of ether oxygens (including phenoxy) is 1. The van der Waals surface area contributed by atoms with Crippen LogP contribution in [-0.2, 0) is 4.79 Å². The van der Waals surface area contributed by atoms with Gasteiger partial charge in [0, 0.05) is 12.1 Å². The molecule has 2 aromatic rings. The van der Waals surface area contributed by atoms with Gasteiger partial charge >= 0.3 is 0 Å². The van der Waals surface area contributed by atoms with Gasteiger partial charge in [-0.25, -0.2) is 0 Å². The van der Waals surface area contributed by atoms with Gasteiger partial charge in [-0.1, -0.05) is 30.7 Å². The predicted octanol–water partition coefficient (Wildman–Crippen LogP) is 4.01. The summed E-state index contributed by atoms with van der Waals surface area (Å²) in [6.45, 7) is 5.92. The summed E-state index contributed by atoms with van der Waals surface area (Å²) < 4.78 is 5.65. The van der Waals surface area contributed by atoms with Gasteiger partial charge in [-0.3, -0.25) is 9.59 Å². The fourth-order valence-electron chi connectivity index (χ4n) is 3.21. The van der Waals surface area contributed by atoms with E-state index < -0.39 is 0 Å². The zero-order chi connectivity index (χ0) is 17.3. The van der Waals surface area contributed by atoms with E-state index in [4.69, 9.17) is 4.74 Å². The van der Waals surface area contributed by atoms with E-state index in [9.17, 15) is 9.59 Å². The van der Waals surface area contributed by atoms with Crippen LogP contribution in [0.15, 0.2) is 36.4 Å². The van der Waals surface area contributed by atoms with E-state index in [1.54, 1.807) is 6.07 Å². The van der Waals surface area contributed by atoms with Crippen molar-refractivity contribution >= 4 is 17.4 Å². The van der Waals surface area contributed by atoms with Gasteiger partial charge in [-0.2, -0.15) is 0 Å². The van der Waals surface area contributed by atoms with Crippen LogP contribution in [0.2, 0.25) is 0 Å². The van der Waals surface area contributed by atoms with Gasteiger partial charge in [0.2, 0.25) is 0 Å². The average molecular weight is 323 g/mol. The lowest BCUT2D eigenvalue weighted by molar-refractivity contribution is -0.118. The number of ketones is 1. The molecule has 4 heteroatoms. The number of carbonyl (C=O) groups excluding carboxylic acids is 2. The number of amides is 1. The van der Waals surface area contributed by atoms with E-state index in [2.05, 4.69) is 5.32 Å². The van der Waals surface area contributed by atoms with Crippen LogP contribution in [0.4, 0.5) is 5.69 Å². The van der Waals surface area contributed by atoms with Crippen LogP contribution in [-0.4, -0.2) is 18.3 Å². The van der Waals surface area contributed by atoms with Crippen molar-refractivity contribution in [1.82, 2.24) is 0 Å². The molecule has 24 heavy (non-hydrogen) atoms. The van der Waals surface area contributed by atoms with Crippen molar-refractivity contribution in [2.45, 2.75) is 33.1 Å². The molecule has 0 saturated carbocycles. The maximum atomic E-state index is 12.2. The van der Waals surface area contributed by atoms with Gasteiger partial charge < -0.3 is 10.1 Å². The minimum atomic E-state index is -0.244. The quantitative estimate of drug-likeness (QED) is 0.925. The SMILES string of the molecule is Cc1ccc(NC(=O)COc2ccc(C)c3c2C(=O)CC3C)cc1. The molecule has 0 heterocycles. The lowest BCUT2D eigenvalue weighted by atomic mass is 9.97. The largest absolute Gasteiger partial charge is 0.483 e. The Hall–Kier alpha value is -2.62. The molecule has 4 nitrogen and oxygen atoms in total. The highest BCUT2D eigenvalue weighted by Crippen LogP contribution is 2.40. The maximum absolute atomic E-state index is 12.2. The molecule has 0 radical (unpaired) electrons. The third-order valence-corrected chi connectivity index (χ3v) is 4.38. The van der Waals surface area contributed by atoms with Crippen LogP contribution in [0, 0.1) is 13.8 Å². The number of hydrogen-bond acceptors (Lipinski definition) is 3. The molecule has 2 aromatic carbocycles. The smallest absolute Gasteiger partial charge is 0.262 e. The highest BCUT2D eigenvalue weighted by Gasteiger charge is 2.31. The van der Waals surface area contributed by atoms with Crippen LogP contribution in [0.1, 0.15) is 46.3 Å². The summed E-state index contributed by atoms with van der Waals surface area (Å²) >= 11 is 0. The molecular formula is C20H21NO3. The van der Waals surface area contributed by atoms with Crippen LogP contribution >= 0.6 is 0 Å². The number of aryl methyl sites for hydroxylation is 2. The van der Waals surface area contributed by atoms with Crippen molar-refractivity contribution in [3.8, 4) is 5.75 Å². The molecule has 0 fully saturated rings. The molecule has 1 atom stereocenters.